The van der Waals surface area contributed by atoms with Crippen LogP contribution in [0.4, 0.5) is 4.39 Å². The fraction of sp³-hybridized carbons (Fsp3) is 0.357. The van der Waals surface area contributed by atoms with E-state index in [9.17, 15) is 9.18 Å². The number of rotatable bonds is 2. The largest absolute Gasteiger partial charge is 0.349 e. The van der Waals surface area contributed by atoms with Gasteiger partial charge in [-0.1, -0.05) is 12.2 Å². The summed E-state index contributed by atoms with van der Waals surface area (Å²) < 4.78 is 12.9. The Bertz CT molecular complexity index is 454. The summed E-state index contributed by atoms with van der Waals surface area (Å²) in [7, 11) is 0. The second-order valence-electron chi connectivity index (χ2n) is 4.41. The van der Waals surface area contributed by atoms with E-state index in [1.54, 1.807) is 13.0 Å². The van der Waals surface area contributed by atoms with Gasteiger partial charge >= 0.3 is 0 Å². The molecule has 90 valence electrons. The monoisotopic (exact) mass is 233 g/mol. The molecule has 17 heavy (non-hydrogen) atoms. The van der Waals surface area contributed by atoms with Crippen molar-refractivity contribution in [2.75, 3.05) is 0 Å². The fourth-order valence-electron chi connectivity index (χ4n) is 2.07. The Morgan fingerprint density at radius 3 is 2.88 bits per heavy atom. The van der Waals surface area contributed by atoms with Crippen molar-refractivity contribution < 1.29 is 9.18 Å². The van der Waals surface area contributed by atoms with Gasteiger partial charge in [-0.15, -0.1) is 0 Å². The number of carbonyl (C=O) groups is 1. The van der Waals surface area contributed by atoms with E-state index >= 15 is 0 Å². The van der Waals surface area contributed by atoms with Crippen LogP contribution in [0.25, 0.3) is 0 Å². The third-order valence-electron chi connectivity index (χ3n) is 3.04. The molecule has 0 fully saturated rings. The molecule has 0 heterocycles. The summed E-state index contributed by atoms with van der Waals surface area (Å²) in [5.74, 6) is -0.414. The number of hydrogen-bond donors (Lipinski definition) is 1. The minimum Gasteiger partial charge on any atom is -0.349 e. The molecule has 1 aromatic carbocycles. The Hall–Kier alpha value is -1.64. The molecule has 0 saturated carbocycles. The molecule has 1 aromatic rings. The summed E-state index contributed by atoms with van der Waals surface area (Å²) >= 11 is 0. The van der Waals surface area contributed by atoms with E-state index in [2.05, 4.69) is 17.5 Å². The average Bonchev–Trinajstić information content (AvgIpc) is 2.30. The number of hydrogen-bond acceptors (Lipinski definition) is 1. The number of allylic oxidation sites excluding steroid dienone is 1. The number of nitrogens with one attached hydrogen (secondary N) is 1. The predicted molar refractivity (Wildman–Crippen MR) is 65.4 cm³/mol. The van der Waals surface area contributed by atoms with Gasteiger partial charge in [0.05, 0.1) is 0 Å². The fourth-order valence-corrected chi connectivity index (χ4v) is 2.07. The van der Waals surface area contributed by atoms with Crippen LogP contribution in [0.3, 0.4) is 0 Å². The van der Waals surface area contributed by atoms with Crippen molar-refractivity contribution in [3.8, 4) is 0 Å². The zero-order valence-electron chi connectivity index (χ0n) is 9.87. The Balaban J connectivity index is 2.06. The van der Waals surface area contributed by atoms with Crippen LogP contribution in [0, 0.1) is 12.7 Å². The van der Waals surface area contributed by atoms with E-state index in [0.717, 1.165) is 19.3 Å². The summed E-state index contributed by atoms with van der Waals surface area (Å²) in [5.41, 5.74) is 1.23. The Labute approximate surface area is 101 Å². The van der Waals surface area contributed by atoms with Gasteiger partial charge in [0.1, 0.15) is 5.82 Å². The van der Waals surface area contributed by atoms with E-state index in [4.69, 9.17) is 0 Å². The summed E-state index contributed by atoms with van der Waals surface area (Å²) in [6, 6.07) is 4.45. The standard InChI is InChI=1S/C14H16FNO/c1-10-9-11(15)7-8-13(10)14(17)16-12-5-3-2-4-6-12/h2-3,7-9,12H,4-6H2,1H3,(H,16,17). The Kier molecular flexibility index (Phi) is 3.57. The van der Waals surface area contributed by atoms with Crippen molar-refractivity contribution in [2.24, 2.45) is 0 Å². The van der Waals surface area contributed by atoms with Crippen LogP contribution < -0.4 is 5.32 Å². The number of halogens is 1. The molecule has 1 unspecified atom stereocenters. The van der Waals surface area contributed by atoms with Crippen LogP contribution in [-0.2, 0) is 0 Å². The first-order valence-corrected chi connectivity index (χ1v) is 5.89. The van der Waals surface area contributed by atoms with Crippen molar-refractivity contribution in [2.45, 2.75) is 32.2 Å². The van der Waals surface area contributed by atoms with Gasteiger partial charge in [0.15, 0.2) is 0 Å². The predicted octanol–water partition coefficient (Wildman–Crippen LogP) is 2.97. The molecule has 1 N–H and O–H groups in total. The third kappa shape index (κ3) is 2.93. The maximum Gasteiger partial charge on any atom is 0.251 e. The summed E-state index contributed by atoms with van der Waals surface area (Å²) in [6.07, 6.45) is 7.08. The van der Waals surface area contributed by atoms with Crippen LogP contribution in [0.2, 0.25) is 0 Å². The van der Waals surface area contributed by atoms with Gasteiger partial charge < -0.3 is 5.32 Å². The average molecular weight is 233 g/mol. The maximum atomic E-state index is 12.9. The molecule has 0 aliphatic heterocycles. The summed E-state index contributed by atoms with van der Waals surface area (Å²) in [5, 5.41) is 2.98. The van der Waals surface area contributed by atoms with Crippen molar-refractivity contribution in [3.63, 3.8) is 0 Å². The van der Waals surface area contributed by atoms with Gasteiger partial charge in [-0.2, -0.15) is 0 Å². The van der Waals surface area contributed by atoms with Crippen LogP contribution in [0.1, 0.15) is 35.2 Å². The van der Waals surface area contributed by atoms with Crippen LogP contribution in [-0.4, -0.2) is 11.9 Å². The van der Waals surface area contributed by atoms with Crippen molar-refractivity contribution in [1.82, 2.24) is 5.32 Å². The molecule has 0 bridgehead atoms. The topological polar surface area (TPSA) is 29.1 Å². The van der Waals surface area contributed by atoms with Crippen LogP contribution in [0.15, 0.2) is 30.4 Å². The van der Waals surface area contributed by atoms with Gasteiger partial charge in [-0.3, -0.25) is 4.79 Å². The summed E-state index contributed by atoms with van der Waals surface area (Å²) in [4.78, 5) is 12.0. The van der Waals surface area contributed by atoms with E-state index < -0.39 is 0 Å². The van der Waals surface area contributed by atoms with Crippen molar-refractivity contribution in [1.29, 1.82) is 0 Å². The molecule has 2 nitrogen and oxygen atoms in total. The lowest BCUT2D eigenvalue weighted by atomic mass is 10.0. The molecule has 0 radical (unpaired) electrons. The number of benzene rings is 1. The normalized spacial score (nSPS) is 19.1. The molecule has 1 amide bonds. The first kappa shape index (κ1) is 11.8. The third-order valence-corrected chi connectivity index (χ3v) is 3.04. The van der Waals surface area contributed by atoms with E-state index in [0.29, 0.717) is 11.1 Å². The number of aryl methyl sites for hydroxylation is 1. The van der Waals surface area contributed by atoms with E-state index in [-0.39, 0.29) is 17.8 Å². The van der Waals surface area contributed by atoms with Crippen LogP contribution in [0.5, 0.6) is 0 Å². The molecule has 0 aromatic heterocycles. The highest BCUT2D eigenvalue weighted by Gasteiger charge is 2.15. The van der Waals surface area contributed by atoms with Gasteiger partial charge in [-0.25, -0.2) is 4.39 Å². The first-order valence-electron chi connectivity index (χ1n) is 5.89. The highest BCUT2D eigenvalue weighted by Crippen LogP contribution is 2.14. The zero-order valence-corrected chi connectivity index (χ0v) is 9.87. The lowest BCUT2D eigenvalue weighted by molar-refractivity contribution is 0.0934. The molecular formula is C14H16FNO. The SMILES string of the molecule is Cc1cc(F)ccc1C(=O)NC1CC=CCC1. The van der Waals surface area contributed by atoms with Gasteiger partial charge in [0.25, 0.3) is 5.91 Å². The molecule has 1 aliphatic carbocycles. The van der Waals surface area contributed by atoms with Gasteiger partial charge in [0, 0.05) is 11.6 Å². The minimum atomic E-state index is -0.306. The number of carbonyl (C=O) groups excluding carboxylic acids is 1. The number of amides is 1. The van der Waals surface area contributed by atoms with Gasteiger partial charge in [-0.05, 0) is 49.9 Å². The van der Waals surface area contributed by atoms with Crippen molar-refractivity contribution >= 4 is 5.91 Å². The maximum absolute atomic E-state index is 12.9. The van der Waals surface area contributed by atoms with E-state index in [1.165, 1.54) is 12.1 Å². The molecule has 1 aliphatic rings. The lowest BCUT2D eigenvalue weighted by Gasteiger charge is -2.19. The second kappa shape index (κ2) is 5.13. The van der Waals surface area contributed by atoms with Crippen LogP contribution >= 0.6 is 0 Å². The Morgan fingerprint density at radius 2 is 2.24 bits per heavy atom. The second-order valence-corrected chi connectivity index (χ2v) is 4.41. The first-order chi connectivity index (χ1) is 8.16. The highest BCUT2D eigenvalue weighted by molar-refractivity contribution is 5.95. The molecule has 0 spiro atoms. The molecule has 1 atom stereocenters. The van der Waals surface area contributed by atoms with Crippen molar-refractivity contribution in [3.05, 3.63) is 47.3 Å². The molecule has 2 rings (SSSR count). The zero-order chi connectivity index (χ0) is 12.3. The summed E-state index contributed by atoms with van der Waals surface area (Å²) in [6.45, 7) is 1.75. The quantitative estimate of drug-likeness (QED) is 0.782. The molecular weight excluding hydrogens is 217 g/mol. The van der Waals surface area contributed by atoms with Gasteiger partial charge in [0.2, 0.25) is 0 Å². The van der Waals surface area contributed by atoms with E-state index in [1.807, 2.05) is 0 Å². The molecule has 3 heteroatoms. The Morgan fingerprint density at radius 1 is 1.41 bits per heavy atom. The minimum absolute atomic E-state index is 0.109. The highest BCUT2D eigenvalue weighted by atomic mass is 19.1. The smallest absolute Gasteiger partial charge is 0.251 e. The molecule has 0 saturated heterocycles. The lowest BCUT2D eigenvalue weighted by Crippen LogP contribution is -2.35.